The van der Waals surface area contributed by atoms with Crippen molar-refractivity contribution in [3.63, 3.8) is 0 Å². The molecule has 0 unspecified atom stereocenters. The molecule has 1 aliphatic rings. The fourth-order valence-electron chi connectivity index (χ4n) is 2.07. The average molecular weight is 241 g/mol. The second-order valence-electron chi connectivity index (χ2n) is 4.20. The van der Waals surface area contributed by atoms with Crippen LogP contribution in [0, 0.1) is 17.6 Å². The molecule has 1 aromatic rings. The minimum atomic E-state index is -0.872. The highest BCUT2D eigenvalue weighted by atomic mass is 19.2. The quantitative estimate of drug-likeness (QED) is 0.863. The van der Waals surface area contributed by atoms with Gasteiger partial charge < -0.3 is 10.0 Å². The zero-order chi connectivity index (χ0) is 12.4. The van der Waals surface area contributed by atoms with Gasteiger partial charge in [-0.3, -0.25) is 4.79 Å². The monoisotopic (exact) mass is 241 g/mol. The van der Waals surface area contributed by atoms with E-state index in [9.17, 15) is 13.6 Å². The van der Waals surface area contributed by atoms with Gasteiger partial charge in [0.05, 0.1) is 5.92 Å². The van der Waals surface area contributed by atoms with Crippen molar-refractivity contribution >= 4 is 11.7 Å². The van der Waals surface area contributed by atoms with Crippen molar-refractivity contribution in [2.75, 3.05) is 18.0 Å². The third-order valence-electron chi connectivity index (χ3n) is 3.11. The first-order chi connectivity index (χ1) is 8.08. The number of piperidine rings is 1. The maximum Gasteiger partial charge on any atom is 0.306 e. The van der Waals surface area contributed by atoms with Gasteiger partial charge in [0.1, 0.15) is 0 Å². The van der Waals surface area contributed by atoms with E-state index in [1.54, 1.807) is 0 Å². The van der Waals surface area contributed by atoms with Crippen LogP contribution in [0.1, 0.15) is 12.8 Å². The van der Waals surface area contributed by atoms with Gasteiger partial charge in [-0.15, -0.1) is 0 Å². The lowest BCUT2D eigenvalue weighted by atomic mass is 9.97. The van der Waals surface area contributed by atoms with Crippen LogP contribution in [0.3, 0.4) is 0 Å². The predicted molar refractivity (Wildman–Crippen MR) is 58.9 cm³/mol. The maximum atomic E-state index is 13.0. The molecule has 2 rings (SSSR count). The molecule has 3 nitrogen and oxygen atoms in total. The fraction of sp³-hybridized carbons (Fsp3) is 0.417. The second kappa shape index (κ2) is 4.69. The van der Waals surface area contributed by atoms with Gasteiger partial charge in [0.2, 0.25) is 0 Å². The Balaban J connectivity index is 2.05. The highest BCUT2D eigenvalue weighted by Crippen LogP contribution is 2.24. The van der Waals surface area contributed by atoms with Crippen LogP contribution in [-0.4, -0.2) is 24.2 Å². The van der Waals surface area contributed by atoms with Crippen molar-refractivity contribution in [2.24, 2.45) is 5.92 Å². The van der Waals surface area contributed by atoms with Gasteiger partial charge in [-0.25, -0.2) is 8.78 Å². The summed E-state index contributed by atoms with van der Waals surface area (Å²) in [5, 5.41) is 8.85. The highest BCUT2D eigenvalue weighted by molar-refractivity contribution is 5.70. The molecule has 1 N–H and O–H groups in total. The Morgan fingerprint density at radius 1 is 1.24 bits per heavy atom. The molecule has 1 heterocycles. The van der Waals surface area contributed by atoms with E-state index in [-0.39, 0.29) is 5.92 Å². The molecule has 0 spiro atoms. The zero-order valence-electron chi connectivity index (χ0n) is 9.20. The molecule has 0 aliphatic carbocycles. The summed E-state index contributed by atoms with van der Waals surface area (Å²) in [7, 11) is 0. The van der Waals surface area contributed by atoms with Crippen molar-refractivity contribution in [1.29, 1.82) is 0 Å². The summed E-state index contributed by atoms with van der Waals surface area (Å²) in [5.74, 6) is -2.84. The SMILES string of the molecule is O=C(O)C1CCN(c2ccc(F)c(F)c2)CC1. The number of benzene rings is 1. The summed E-state index contributed by atoms with van der Waals surface area (Å²) >= 11 is 0. The Morgan fingerprint density at radius 3 is 2.41 bits per heavy atom. The van der Waals surface area contributed by atoms with Crippen LogP contribution in [0.25, 0.3) is 0 Å². The molecule has 1 fully saturated rings. The highest BCUT2D eigenvalue weighted by Gasteiger charge is 2.24. The Kier molecular flexibility index (Phi) is 3.26. The maximum absolute atomic E-state index is 13.0. The van der Waals surface area contributed by atoms with E-state index in [1.165, 1.54) is 6.07 Å². The number of rotatable bonds is 2. The summed E-state index contributed by atoms with van der Waals surface area (Å²) in [6.07, 6.45) is 1.07. The number of hydrogen-bond acceptors (Lipinski definition) is 2. The smallest absolute Gasteiger partial charge is 0.306 e. The standard InChI is InChI=1S/C12H13F2NO2/c13-10-2-1-9(7-11(10)14)15-5-3-8(4-6-15)12(16)17/h1-2,7-8H,3-6H2,(H,16,17). The first-order valence-electron chi connectivity index (χ1n) is 5.50. The molecule has 0 radical (unpaired) electrons. The molecular weight excluding hydrogens is 228 g/mol. The molecule has 0 amide bonds. The minimum absolute atomic E-state index is 0.323. The van der Waals surface area contributed by atoms with E-state index in [2.05, 4.69) is 0 Å². The molecule has 0 bridgehead atoms. The summed E-state index contributed by atoms with van der Waals surface area (Å²) in [4.78, 5) is 12.6. The summed E-state index contributed by atoms with van der Waals surface area (Å²) in [5.41, 5.74) is 0.604. The Bertz CT molecular complexity index is 429. The summed E-state index contributed by atoms with van der Waals surface area (Å²) in [6, 6.07) is 3.75. The fourth-order valence-corrected chi connectivity index (χ4v) is 2.07. The lowest BCUT2D eigenvalue weighted by Crippen LogP contribution is -2.36. The van der Waals surface area contributed by atoms with Crippen LogP contribution >= 0.6 is 0 Å². The molecular formula is C12H13F2NO2. The number of nitrogens with zero attached hydrogens (tertiary/aromatic N) is 1. The molecule has 92 valence electrons. The van der Waals surface area contributed by atoms with Crippen molar-refractivity contribution in [3.8, 4) is 0 Å². The number of halogens is 2. The van der Waals surface area contributed by atoms with Gasteiger partial charge in [-0.2, -0.15) is 0 Å². The van der Waals surface area contributed by atoms with Crippen LogP contribution in [0.15, 0.2) is 18.2 Å². The zero-order valence-corrected chi connectivity index (χ0v) is 9.20. The number of carboxylic acids is 1. The largest absolute Gasteiger partial charge is 0.481 e. The van der Waals surface area contributed by atoms with Gasteiger partial charge in [0, 0.05) is 24.8 Å². The van der Waals surface area contributed by atoms with Crippen LogP contribution in [0.5, 0.6) is 0 Å². The summed E-state index contributed by atoms with van der Waals surface area (Å²) < 4.78 is 25.8. The third-order valence-corrected chi connectivity index (χ3v) is 3.11. The lowest BCUT2D eigenvalue weighted by Gasteiger charge is -2.31. The van der Waals surface area contributed by atoms with Gasteiger partial charge in [0.25, 0.3) is 0 Å². The topological polar surface area (TPSA) is 40.5 Å². The van der Waals surface area contributed by atoms with Gasteiger partial charge in [-0.1, -0.05) is 0 Å². The molecule has 1 saturated heterocycles. The predicted octanol–water partition coefficient (Wildman–Crippen LogP) is 2.27. The average Bonchev–Trinajstić information content (AvgIpc) is 2.33. The van der Waals surface area contributed by atoms with Crippen LogP contribution in [0.2, 0.25) is 0 Å². The number of aliphatic carboxylic acids is 1. The number of hydrogen-bond donors (Lipinski definition) is 1. The number of anilines is 1. The van der Waals surface area contributed by atoms with Crippen LogP contribution < -0.4 is 4.90 Å². The second-order valence-corrected chi connectivity index (χ2v) is 4.20. The first-order valence-corrected chi connectivity index (χ1v) is 5.50. The van der Waals surface area contributed by atoms with Crippen LogP contribution in [0.4, 0.5) is 14.5 Å². The number of carboxylic acid groups (broad SMARTS) is 1. The lowest BCUT2D eigenvalue weighted by molar-refractivity contribution is -0.142. The Hall–Kier alpha value is -1.65. The van der Waals surface area contributed by atoms with Gasteiger partial charge in [-0.05, 0) is 25.0 Å². The van der Waals surface area contributed by atoms with Crippen LogP contribution in [-0.2, 0) is 4.79 Å². The van der Waals surface area contributed by atoms with E-state index in [0.717, 1.165) is 12.1 Å². The normalized spacial score (nSPS) is 17.2. The van der Waals surface area contributed by atoms with E-state index in [0.29, 0.717) is 31.6 Å². The van der Waals surface area contributed by atoms with E-state index < -0.39 is 17.6 Å². The van der Waals surface area contributed by atoms with Crippen molar-refractivity contribution in [3.05, 3.63) is 29.8 Å². The molecule has 5 heteroatoms. The third kappa shape index (κ3) is 2.54. The molecule has 17 heavy (non-hydrogen) atoms. The van der Waals surface area contributed by atoms with Crippen molar-refractivity contribution < 1.29 is 18.7 Å². The van der Waals surface area contributed by atoms with Crippen molar-refractivity contribution in [1.82, 2.24) is 0 Å². The molecule has 1 aromatic carbocycles. The molecule has 0 atom stereocenters. The number of carbonyl (C=O) groups is 1. The Morgan fingerprint density at radius 2 is 1.88 bits per heavy atom. The van der Waals surface area contributed by atoms with Crippen molar-refractivity contribution in [2.45, 2.75) is 12.8 Å². The molecule has 0 saturated carbocycles. The minimum Gasteiger partial charge on any atom is -0.481 e. The Labute approximate surface area is 97.7 Å². The van der Waals surface area contributed by atoms with E-state index in [1.807, 2.05) is 4.90 Å². The van der Waals surface area contributed by atoms with E-state index in [4.69, 9.17) is 5.11 Å². The van der Waals surface area contributed by atoms with E-state index >= 15 is 0 Å². The molecule has 0 aromatic heterocycles. The summed E-state index contributed by atoms with van der Waals surface area (Å²) in [6.45, 7) is 1.12. The molecule has 1 aliphatic heterocycles. The van der Waals surface area contributed by atoms with Gasteiger partial charge >= 0.3 is 5.97 Å². The first kappa shape index (κ1) is 11.8. The van der Waals surface area contributed by atoms with Gasteiger partial charge in [0.15, 0.2) is 11.6 Å².